The molecule has 1 aromatic heterocycles. The van der Waals surface area contributed by atoms with Crippen LogP contribution in [0.3, 0.4) is 0 Å². The molecule has 22 heavy (non-hydrogen) atoms. The lowest BCUT2D eigenvalue weighted by Gasteiger charge is -2.59. The average molecular weight is 298 g/mol. The molecular weight excluding hydrogens is 272 g/mol. The number of likely N-dealkylation sites (tertiary alicyclic amines) is 2. The third kappa shape index (κ3) is 2.25. The van der Waals surface area contributed by atoms with Crippen LogP contribution in [0.4, 0.5) is 0 Å². The summed E-state index contributed by atoms with van der Waals surface area (Å²) in [5.74, 6) is 0. The van der Waals surface area contributed by atoms with Crippen molar-refractivity contribution in [3.63, 3.8) is 0 Å². The van der Waals surface area contributed by atoms with E-state index < -0.39 is 0 Å². The van der Waals surface area contributed by atoms with E-state index in [2.05, 4.69) is 65.4 Å². The molecule has 4 heteroatoms. The summed E-state index contributed by atoms with van der Waals surface area (Å²) in [4.78, 5) is 9.81. The number of piperidine rings is 1. The Balaban J connectivity index is 1.48. The fourth-order valence-corrected chi connectivity index (χ4v) is 3.98. The van der Waals surface area contributed by atoms with Crippen molar-refractivity contribution < 1.29 is 0 Å². The maximum Gasteiger partial charge on any atom is 0.0955 e. The van der Waals surface area contributed by atoms with Gasteiger partial charge >= 0.3 is 0 Å². The Morgan fingerprint density at radius 3 is 2.59 bits per heavy atom. The van der Waals surface area contributed by atoms with E-state index in [9.17, 15) is 0 Å². The molecule has 4 nitrogen and oxygen atoms in total. The van der Waals surface area contributed by atoms with Crippen LogP contribution in [0.15, 0.2) is 24.5 Å². The van der Waals surface area contributed by atoms with E-state index in [4.69, 9.17) is 0 Å². The molecule has 2 bridgehead atoms. The normalized spacial score (nSPS) is 26.4. The molecule has 2 aliphatic rings. The molecular formula is C18H26N4. The highest BCUT2D eigenvalue weighted by atomic mass is 15.4. The first kappa shape index (κ1) is 14.2. The third-order valence-corrected chi connectivity index (χ3v) is 5.45. The highest BCUT2D eigenvalue weighted by Crippen LogP contribution is 2.36. The summed E-state index contributed by atoms with van der Waals surface area (Å²) in [6, 6.07) is 8.19. The maximum atomic E-state index is 4.48. The van der Waals surface area contributed by atoms with Crippen LogP contribution in [0.25, 0.3) is 11.0 Å². The van der Waals surface area contributed by atoms with Gasteiger partial charge in [-0.25, -0.2) is 4.98 Å². The Hall–Kier alpha value is -1.39. The molecule has 2 aromatic rings. The van der Waals surface area contributed by atoms with Gasteiger partial charge in [0.25, 0.3) is 0 Å². The van der Waals surface area contributed by atoms with Crippen LogP contribution in [0.1, 0.15) is 32.8 Å². The Bertz CT molecular complexity index is 685. The van der Waals surface area contributed by atoms with Crippen LogP contribution in [-0.2, 0) is 13.6 Å². The topological polar surface area (TPSA) is 24.3 Å². The van der Waals surface area contributed by atoms with Crippen molar-refractivity contribution in [2.45, 2.75) is 51.4 Å². The molecule has 0 radical (unpaired) electrons. The number of nitrogens with zero attached hydrogens (tertiary/aromatic N) is 4. The lowest BCUT2D eigenvalue weighted by molar-refractivity contribution is -0.0996. The number of hydrogen-bond acceptors (Lipinski definition) is 3. The second-order valence-corrected chi connectivity index (χ2v) is 7.97. The quantitative estimate of drug-likeness (QED) is 0.852. The van der Waals surface area contributed by atoms with E-state index >= 15 is 0 Å². The lowest BCUT2D eigenvalue weighted by Crippen LogP contribution is -2.70. The zero-order valence-corrected chi connectivity index (χ0v) is 14.1. The average Bonchev–Trinajstić information content (AvgIpc) is 2.85. The molecule has 118 valence electrons. The summed E-state index contributed by atoms with van der Waals surface area (Å²) in [7, 11) is 2.05. The zero-order chi connectivity index (χ0) is 15.5. The molecule has 0 aliphatic carbocycles. The standard InChI is InChI=1S/C18H26N4/c1-18(2,3)21-10-14-8-15(11-21)22(14)9-13-5-6-17-16(7-13)19-12-20(17)4/h5-7,12,14-15H,8-11H2,1-4H3. The van der Waals surface area contributed by atoms with Gasteiger partial charge in [0.1, 0.15) is 0 Å². The van der Waals surface area contributed by atoms with Gasteiger partial charge in [-0.3, -0.25) is 9.80 Å². The molecule has 0 saturated carbocycles. The van der Waals surface area contributed by atoms with Gasteiger partial charge in [0.15, 0.2) is 0 Å². The molecule has 0 N–H and O–H groups in total. The molecule has 3 heterocycles. The molecule has 2 atom stereocenters. The summed E-state index contributed by atoms with van der Waals surface area (Å²) in [6.07, 6.45) is 3.27. The van der Waals surface area contributed by atoms with Crippen molar-refractivity contribution in [1.82, 2.24) is 19.4 Å². The number of benzene rings is 1. The van der Waals surface area contributed by atoms with E-state index in [0.717, 1.165) is 24.1 Å². The predicted molar refractivity (Wildman–Crippen MR) is 89.8 cm³/mol. The summed E-state index contributed by atoms with van der Waals surface area (Å²) in [5.41, 5.74) is 4.02. The summed E-state index contributed by atoms with van der Waals surface area (Å²) in [6.45, 7) is 10.5. The lowest BCUT2D eigenvalue weighted by atomic mass is 9.84. The van der Waals surface area contributed by atoms with Crippen LogP contribution in [0, 0.1) is 0 Å². The van der Waals surface area contributed by atoms with Gasteiger partial charge in [0, 0.05) is 44.3 Å². The first-order valence-electron chi connectivity index (χ1n) is 8.32. The van der Waals surface area contributed by atoms with E-state index in [1.165, 1.54) is 30.6 Å². The van der Waals surface area contributed by atoms with Crippen molar-refractivity contribution in [3.05, 3.63) is 30.1 Å². The molecule has 2 unspecified atom stereocenters. The third-order valence-electron chi connectivity index (χ3n) is 5.45. The first-order valence-corrected chi connectivity index (χ1v) is 8.32. The van der Waals surface area contributed by atoms with Crippen LogP contribution in [-0.4, -0.2) is 50.1 Å². The van der Waals surface area contributed by atoms with E-state index in [1.807, 2.05) is 6.33 Å². The van der Waals surface area contributed by atoms with Crippen molar-refractivity contribution in [3.8, 4) is 0 Å². The number of fused-ring (bicyclic) bond motifs is 3. The smallest absolute Gasteiger partial charge is 0.0955 e. The van der Waals surface area contributed by atoms with E-state index in [1.54, 1.807) is 0 Å². The number of rotatable bonds is 2. The van der Waals surface area contributed by atoms with Gasteiger partial charge in [-0.05, 0) is 44.9 Å². The van der Waals surface area contributed by atoms with Crippen molar-refractivity contribution in [2.75, 3.05) is 13.1 Å². The minimum Gasteiger partial charge on any atom is -0.334 e. The summed E-state index contributed by atoms with van der Waals surface area (Å²) >= 11 is 0. The van der Waals surface area contributed by atoms with Gasteiger partial charge in [-0.15, -0.1) is 0 Å². The zero-order valence-electron chi connectivity index (χ0n) is 14.1. The highest BCUT2D eigenvalue weighted by molar-refractivity contribution is 5.75. The second kappa shape index (κ2) is 4.80. The predicted octanol–water partition coefficient (Wildman–Crippen LogP) is 2.63. The van der Waals surface area contributed by atoms with Crippen molar-refractivity contribution >= 4 is 11.0 Å². The minimum atomic E-state index is 0.301. The van der Waals surface area contributed by atoms with Gasteiger partial charge < -0.3 is 4.57 Å². The number of hydrogen-bond donors (Lipinski definition) is 0. The Kier molecular flexibility index (Phi) is 3.10. The Morgan fingerprint density at radius 2 is 1.91 bits per heavy atom. The maximum absolute atomic E-state index is 4.48. The molecule has 4 rings (SSSR count). The molecule has 2 fully saturated rings. The van der Waals surface area contributed by atoms with Crippen LogP contribution < -0.4 is 0 Å². The van der Waals surface area contributed by atoms with Crippen LogP contribution >= 0.6 is 0 Å². The molecule has 0 spiro atoms. The van der Waals surface area contributed by atoms with Gasteiger partial charge in [0.05, 0.1) is 17.4 Å². The minimum absolute atomic E-state index is 0.301. The largest absolute Gasteiger partial charge is 0.334 e. The molecule has 0 amide bonds. The Morgan fingerprint density at radius 1 is 1.18 bits per heavy atom. The van der Waals surface area contributed by atoms with E-state index in [-0.39, 0.29) is 0 Å². The monoisotopic (exact) mass is 298 g/mol. The SMILES string of the molecule is Cn1cnc2cc(CN3C4CC3CN(C(C)(C)C)C4)ccc21. The van der Waals surface area contributed by atoms with Gasteiger partial charge in [0.2, 0.25) is 0 Å². The number of piperazine rings is 1. The number of aryl methyl sites for hydroxylation is 1. The van der Waals surface area contributed by atoms with E-state index in [0.29, 0.717) is 5.54 Å². The van der Waals surface area contributed by atoms with Crippen LogP contribution in [0.2, 0.25) is 0 Å². The summed E-state index contributed by atoms with van der Waals surface area (Å²) < 4.78 is 2.08. The first-order chi connectivity index (χ1) is 10.4. The second-order valence-electron chi connectivity index (χ2n) is 7.97. The van der Waals surface area contributed by atoms with Crippen molar-refractivity contribution in [2.24, 2.45) is 7.05 Å². The fourth-order valence-electron chi connectivity index (χ4n) is 3.98. The van der Waals surface area contributed by atoms with Crippen molar-refractivity contribution in [1.29, 1.82) is 0 Å². The fraction of sp³-hybridized carbons (Fsp3) is 0.611. The Labute approximate surface area is 132 Å². The molecule has 2 aliphatic heterocycles. The summed E-state index contributed by atoms with van der Waals surface area (Å²) in [5, 5.41) is 0. The molecule has 2 saturated heterocycles. The molecule has 1 aromatic carbocycles. The number of aromatic nitrogens is 2. The van der Waals surface area contributed by atoms with Gasteiger partial charge in [-0.1, -0.05) is 6.07 Å². The van der Waals surface area contributed by atoms with Gasteiger partial charge in [-0.2, -0.15) is 0 Å². The highest BCUT2D eigenvalue weighted by Gasteiger charge is 2.46. The van der Waals surface area contributed by atoms with Crippen LogP contribution in [0.5, 0.6) is 0 Å². The number of imidazole rings is 1.